The van der Waals surface area contributed by atoms with Crippen molar-refractivity contribution in [2.24, 2.45) is 5.92 Å². The van der Waals surface area contributed by atoms with E-state index in [9.17, 15) is 14.4 Å². The van der Waals surface area contributed by atoms with Gasteiger partial charge in [0.05, 0.1) is 6.04 Å². The Bertz CT molecular complexity index is 1360. The van der Waals surface area contributed by atoms with Gasteiger partial charge in [-0.15, -0.1) is 0 Å². The van der Waals surface area contributed by atoms with E-state index in [1.165, 1.54) is 0 Å². The molecule has 220 valence electrons. The fourth-order valence-corrected chi connectivity index (χ4v) is 4.94. The number of benzene rings is 3. The smallest absolute Gasteiger partial charge is 0.247 e. The summed E-state index contributed by atoms with van der Waals surface area (Å²) in [6, 6.07) is 23.7. The van der Waals surface area contributed by atoms with Crippen molar-refractivity contribution in [3.05, 3.63) is 108 Å². The first kappa shape index (κ1) is 30.5. The summed E-state index contributed by atoms with van der Waals surface area (Å²) >= 11 is 0. The maximum atomic E-state index is 14.2. The molecule has 2 bridgehead atoms. The van der Waals surface area contributed by atoms with Crippen molar-refractivity contribution >= 4 is 23.8 Å². The van der Waals surface area contributed by atoms with Crippen LogP contribution in [0.25, 0.3) is 6.08 Å². The van der Waals surface area contributed by atoms with Gasteiger partial charge in [-0.25, -0.2) is 0 Å². The molecule has 8 heteroatoms. The zero-order chi connectivity index (χ0) is 30.1. The van der Waals surface area contributed by atoms with E-state index < -0.39 is 30.1 Å². The molecule has 0 unspecified atom stereocenters. The van der Waals surface area contributed by atoms with Crippen molar-refractivity contribution in [3.63, 3.8) is 0 Å². The fraction of sp³-hybridized carbons (Fsp3) is 0.324. The molecule has 2 aliphatic rings. The van der Waals surface area contributed by atoms with Gasteiger partial charge < -0.3 is 20.7 Å². The molecule has 0 fully saturated rings. The topological polar surface area (TPSA) is 99.8 Å². The number of carbonyl (C=O) groups excluding carboxylic acids is 3. The van der Waals surface area contributed by atoms with Crippen LogP contribution in [0, 0.1) is 5.92 Å². The number of hydrogen-bond acceptors (Lipinski definition) is 5. The monoisotopic (exact) mass is 568 g/mol. The first-order valence-corrected chi connectivity index (χ1v) is 14.3. The maximum absolute atomic E-state index is 14.2. The molecule has 42 heavy (non-hydrogen) atoms. The summed E-state index contributed by atoms with van der Waals surface area (Å²) in [7, 11) is 3.70. The summed E-state index contributed by atoms with van der Waals surface area (Å²) in [5.41, 5.74) is 2.47. The number of fused-ring (bicyclic) bond motifs is 10. The van der Waals surface area contributed by atoms with Crippen molar-refractivity contribution in [2.45, 2.75) is 50.9 Å². The first-order chi connectivity index (χ1) is 20.2. The normalized spacial score (nSPS) is 19.9. The Morgan fingerprint density at radius 3 is 2.17 bits per heavy atom. The largest absolute Gasteiger partial charge is 0.483 e. The van der Waals surface area contributed by atoms with E-state index in [0.29, 0.717) is 17.7 Å². The molecule has 0 aliphatic carbocycles. The van der Waals surface area contributed by atoms with Crippen molar-refractivity contribution in [1.29, 1.82) is 0 Å². The Hall–Kier alpha value is -4.43. The molecule has 3 aromatic rings. The molecule has 3 N–H and O–H groups in total. The van der Waals surface area contributed by atoms with E-state index in [1.54, 1.807) is 24.4 Å². The lowest BCUT2D eigenvalue weighted by Gasteiger charge is -2.32. The van der Waals surface area contributed by atoms with Gasteiger partial charge >= 0.3 is 0 Å². The molecule has 4 atom stereocenters. The average molecular weight is 569 g/mol. The Morgan fingerprint density at radius 1 is 0.905 bits per heavy atom. The summed E-state index contributed by atoms with van der Waals surface area (Å²) < 4.78 is 6.47. The van der Waals surface area contributed by atoms with Crippen LogP contribution in [-0.4, -0.2) is 54.8 Å². The average Bonchev–Trinajstić information content (AvgIpc) is 2.98. The van der Waals surface area contributed by atoms with Gasteiger partial charge in [0.1, 0.15) is 17.8 Å². The molecule has 5 rings (SSSR count). The maximum Gasteiger partial charge on any atom is 0.247 e. The molecular weight excluding hydrogens is 528 g/mol. The minimum atomic E-state index is -1.14. The predicted octanol–water partition coefficient (Wildman–Crippen LogP) is 4.10. The molecule has 0 radical (unpaired) electrons. The minimum Gasteiger partial charge on any atom is -0.483 e. The highest BCUT2D eigenvalue weighted by atomic mass is 16.5. The van der Waals surface area contributed by atoms with E-state index in [0.717, 1.165) is 11.1 Å². The number of hydrogen-bond donors (Lipinski definition) is 3. The Morgan fingerprint density at radius 2 is 1.55 bits per heavy atom. The van der Waals surface area contributed by atoms with Gasteiger partial charge in [0.15, 0.2) is 6.10 Å². The summed E-state index contributed by atoms with van der Waals surface area (Å²) in [5.74, 6) is -0.380. The van der Waals surface area contributed by atoms with Crippen LogP contribution in [0.15, 0.2) is 91.1 Å². The van der Waals surface area contributed by atoms with Crippen LogP contribution < -0.4 is 20.7 Å². The lowest BCUT2D eigenvalue weighted by atomic mass is 9.97. The van der Waals surface area contributed by atoms with Crippen LogP contribution in [-0.2, 0) is 20.8 Å². The van der Waals surface area contributed by atoms with Crippen molar-refractivity contribution in [2.75, 3.05) is 14.1 Å². The Kier molecular flexibility index (Phi) is 10.5. The number of nitrogens with one attached hydrogen (secondary N) is 3. The number of carbonyl (C=O) groups is 3. The molecule has 0 spiro atoms. The van der Waals surface area contributed by atoms with E-state index in [1.807, 2.05) is 91.8 Å². The second kappa shape index (κ2) is 14.5. The van der Waals surface area contributed by atoms with Gasteiger partial charge in [0.2, 0.25) is 17.7 Å². The summed E-state index contributed by atoms with van der Waals surface area (Å²) in [6.07, 6.45) is 3.35. The first-order valence-electron chi connectivity index (χ1n) is 14.3. The van der Waals surface area contributed by atoms with E-state index in [-0.39, 0.29) is 24.2 Å². The van der Waals surface area contributed by atoms with Gasteiger partial charge in [-0.05, 0) is 61.3 Å². The fourth-order valence-electron chi connectivity index (χ4n) is 4.94. The molecule has 0 saturated carbocycles. The van der Waals surface area contributed by atoms with Gasteiger partial charge in [0.25, 0.3) is 0 Å². The third-order valence-corrected chi connectivity index (χ3v) is 7.19. The van der Waals surface area contributed by atoms with Crippen LogP contribution in [0.2, 0.25) is 0 Å². The van der Waals surface area contributed by atoms with Crippen LogP contribution in [0.3, 0.4) is 0 Å². The van der Waals surface area contributed by atoms with Gasteiger partial charge in [-0.1, -0.05) is 86.6 Å². The van der Waals surface area contributed by atoms with Crippen LogP contribution >= 0.6 is 0 Å². The van der Waals surface area contributed by atoms with Gasteiger partial charge in [-0.2, -0.15) is 0 Å². The zero-order valence-corrected chi connectivity index (χ0v) is 24.6. The van der Waals surface area contributed by atoms with Crippen LogP contribution in [0.5, 0.6) is 5.75 Å². The third kappa shape index (κ3) is 8.30. The van der Waals surface area contributed by atoms with Crippen LogP contribution in [0.1, 0.15) is 43.1 Å². The quantitative estimate of drug-likeness (QED) is 0.380. The van der Waals surface area contributed by atoms with Crippen molar-refractivity contribution in [3.8, 4) is 5.75 Å². The highest BCUT2D eigenvalue weighted by Gasteiger charge is 2.37. The minimum absolute atomic E-state index is 0.257. The number of nitrogens with zero attached hydrogens (tertiary/aromatic N) is 1. The second-order valence-electron chi connectivity index (χ2n) is 11.2. The molecule has 3 aromatic carbocycles. The van der Waals surface area contributed by atoms with Gasteiger partial charge in [0, 0.05) is 12.6 Å². The molecular formula is C34H40N4O4. The Labute approximate surface area is 248 Å². The summed E-state index contributed by atoms with van der Waals surface area (Å²) in [5, 5.41) is 8.75. The SMILES string of the molecule is CC(C)C[C@@H](C(=O)N[C@@H]1C(=O)N[C@@H](Cc2ccccc2)C(=O)NC=Cc2ccc(cc2)O[C@H]1c1ccccc1)N(C)C. The molecule has 0 saturated heterocycles. The molecule has 2 heterocycles. The number of amides is 3. The summed E-state index contributed by atoms with van der Waals surface area (Å²) in [6.45, 7) is 4.11. The highest BCUT2D eigenvalue weighted by Crippen LogP contribution is 2.27. The van der Waals surface area contributed by atoms with Crippen molar-refractivity contribution in [1.82, 2.24) is 20.9 Å². The standard InChI is InChI=1S/C34H40N4O4/c1-23(2)21-29(38(3)4)33(40)37-30-31(26-13-9-6-10-14-26)42-27-17-15-24(16-18-27)19-20-35-32(39)28(36-34(30)41)22-25-11-7-5-8-12-25/h5-20,23,28-31H,21-22H2,1-4H3,(H,35,39)(H,36,41)(H,37,40)/t28-,29-,30-,31-/m0/s1. The number of rotatable bonds is 8. The zero-order valence-electron chi connectivity index (χ0n) is 24.6. The third-order valence-electron chi connectivity index (χ3n) is 7.19. The predicted molar refractivity (Wildman–Crippen MR) is 164 cm³/mol. The van der Waals surface area contributed by atoms with E-state index in [4.69, 9.17) is 4.74 Å². The molecule has 2 aliphatic heterocycles. The highest BCUT2D eigenvalue weighted by molar-refractivity contribution is 5.94. The van der Waals surface area contributed by atoms with E-state index in [2.05, 4.69) is 29.8 Å². The molecule has 0 aromatic heterocycles. The number of ether oxygens (including phenoxy) is 1. The number of likely N-dealkylation sites (N-methyl/N-ethyl adjacent to an activating group) is 1. The van der Waals surface area contributed by atoms with Crippen molar-refractivity contribution < 1.29 is 19.1 Å². The van der Waals surface area contributed by atoms with Gasteiger partial charge in [-0.3, -0.25) is 19.3 Å². The molecule has 8 nitrogen and oxygen atoms in total. The lowest BCUT2D eigenvalue weighted by Crippen LogP contribution is -2.58. The van der Waals surface area contributed by atoms with Crippen LogP contribution in [0.4, 0.5) is 0 Å². The summed E-state index contributed by atoms with van der Waals surface area (Å²) in [4.78, 5) is 43.2. The second-order valence-corrected chi connectivity index (χ2v) is 11.2. The lowest BCUT2D eigenvalue weighted by molar-refractivity contribution is -0.135. The molecule has 3 amide bonds. The van der Waals surface area contributed by atoms with E-state index >= 15 is 0 Å². The Balaban J connectivity index is 1.78.